The lowest BCUT2D eigenvalue weighted by atomic mass is 9.99. The van der Waals surface area contributed by atoms with Gasteiger partial charge in [-0.15, -0.1) is 0 Å². The van der Waals surface area contributed by atoms with E-state index in [2.05, 4.69) is 6.92 Å². The van der Waals surface area contributed by atoms with Crippen molar-refractivity contribution in [2.24, 2.45) is 5.92 Å². The van der Waals surface area contributed by atoms with Crippen LogP contribution in [-0.2, 0) is 19.6 Å². The van der Waals surface area contributed by atoms with Gasteiger partial charge < -0.3 is 9.64 Å². The minimum atomic E-state index is -3.86. The zero-order valence-corrected chi connectivity index (χ0v) is 18.8. The van der Waals surface area contributed by atoms with Gasteiger partial charge in [0.05, 0.1) is 16.1 Å². The SMILES string of the molecule is CC1CCN(C(=O)C(C)OC(=O)c2cccc(S(=O)(=O)N(C)c3ccccc3)c2)CC1. The smallest absolute Gasteiger partial charge is 0.338 e. The number of likely N-dealkylation sites (tertiary alicyclic amines) is 1. The summed E-state index contributed by atoms with van der Waals surface area (Å²) >= 11 is 0. The van der Waals surface area contributed by atoms with E-state index < -0.39 is 22.1 Å². The Morgan fingerprint density at radius 3 is 2.35 bits per heavy atom. The number of hydrogen-bond acceptors (Lipinski definition) is 5. The van der Waals surface area contributed by atoms with E-state index in [4.69, 9.17) is 4.74 Å². The van der Waals surface area contributed by atoms with Crippen molar-refractivity contribution >= 4 is 27.6 Å². The summed E-state index contributed by atoms with van der Waals surface area (Å²) in [7, 11) is -2.41. The number of piperidine rings is 1. The molecule has 1 amide bonds. The van der Waals surface area contributed by atoms with Gasteiger partial charge in [0.1, 0.15) is 0 Å². The van der Waals surface area contributed by atoms with Crippen LogP contribution in [0.5, 0.6) is 0 Å². The summed E-state index contributed by atoms with van der Waals surface area (Å²) in [5.74, 6) is -0.376. The lowest BCUT2D eigenvalue weighted by Crippen LogP contribution is -2.44. The van der Waals surface area contributed by atoms with Crippen molar-refractivity contribution < 1.29 is 22.7 Å². The molecule has 1 heterocycles. The summed E-state index contributed by atoms with van der Waals surface area (Å²) in [6.07, 6.45) is 0.927. The molecule has 3 rings (SSSR count). The Morgan fingerprint density at radius 2 is 1.71 bits per heavy atom. The molecule has 2 aromatic carbocycles. The average molecular weight is 445 g/mol. The number of carbonyl (C=O) groups is 2. The molecule has 31 heavy (non-hydrogen) atoms. The van der Waals surface area contributed by atoms with Gasteiger partial charge in [-0.25, -0.2) is 13.2 Å². The fraction of sp³-hybridized carbons (Fsp3) is 0.391. The molecule has 1 atom stereocenters. The zero-order valence-electron chi connectivity index (χ0n) is 18.0. The van der Waals surface area contributed by atoms with Gasteiger partial charge >= 0.3 is 5.97 Å². The number of amides is 1. The van der Waals surface area contributed by atoms with Crippen LogP contribution in [0.25, 0.3) is 0 Å². The van der Waals surface area contributed by atoms with Crippen LogP contribution in [0.1, 0.15) is 37.0 Å². The van der Waals surface area contributed by atoms with Crippen molar-refractivity contribution in [2.45, 2.75) is 37.7 Å². The second kappa shape index (κ2) is 9.51. The largest absolute Gasteiger partial charge is 0.449 e. The van der Waals surface area contributed by atoms with Crippen LogP contribution in [0.15, 0.2) is 59.5 Å². The number of benzene rings is 2. The van der Waals surface area contributed by atoms with E-state index in [1.807, 2.05) is 0 Å². The number of rotatable bonds is 6. The van der Waals surface area contributed by atoms with Crippen LogP contribution in [0, 0.1) is 5.92 Å². The number of esters is 1. The second-order valence-electron chi connectivity index (χ2n) is 7.89. The van der Waals surface area contributed by atoms with Crippen molar-refractivity contribution in [1.29, 1.82) is 0 Å². The van der Waals surface area contributed by atoms with Crippen LogP contribution >= 0.6 is 0 Å². The van der Waals surface area contributed by atoms with Crippen molar-refractivity contribution in [1.82, 2.24) is 4.90 Å². The fourth-order valence-electron chi connectivity index (χ4n) is 3.48. The summed E-state index contributed by atoms with van der Waals surface area (Å²) in [5, 5.41) is 0. The molecule has 0 bridgehead atoms. The molecule has 1 unspecified atom stereocenters. The van der Waals surface area contributed by atoms with E-state index in [0.717, 1.165) is 17.1 Å². The molecule has 7 nitrogen and oxygen atoms in total. The molecule has 1 saturated heterocycles. The van der Waals surface area contributed by atoms with Gasteiger partial charge in [-0.1, -0.05) is 31.2 Å². The summed E-state index contributed by atoms with van der Waals surface area (Å²) in [6, 6.07) is 14.3. The maximum atomic E-state index is 13.0. The predicted octanol–water partition coefficient (Wildman–Crippen LogP) is 3.32. The van der Waals surface area contributed by atoms with Gasteiger partial charge in [-0.05, 0) is 56.0 Å². The Kier molecular flexibility index (Phi) is 7.00. The predicted molar refractivity (Wildman–Crippen MR) is 118 cm³/mol. The first-order chi connectivity index (χ1) is 14.7. The van der Waals surface area contributed by atoms with Gasteiger partial charge in [0, 0.05) is 20.1 Å². The van der Waals surface area contributed by atoms with Crippen molar-refractivity contribution in [2.75, 3.05) is 24.4 Å². The number of anilines is 1. The van der Waals surface area contributed by atoms with Crippen LogP contribution in [0.3, 0.4) is 0 Å². The van der Waals surface area contributed by atoms with Crippen LogP contribution in [0.4, 0.5) is 5.69 Å². The van der Waals surface area contributed by atoms with Crippen LogP contribution in [0.2, 0.25) is 0 Å². The van der Waals surface area contributed by atoms with Crippen molar-refractivity contribution in [3.63, 3.8) is 0 Å². The van der Waals surface area contributed by atoms with E-state index in [0.29, 0.717) is 24.7 Å². The lowest BCUT2D eigenvalue weighted by molar-refractivity contribution is -0.141. The van der Waals surface area contributed by atoms with E-state index >= 15 is 0 Å². The van der Waals surface area contributed by atoms with Gasteiger partial charge in [-0.3, -0.25) is 9.10 Å². The van der Waals surface area contributed by atoms with Gasteiger partial charge in [0.2, 0.25) is 0 Å². The van der Waals surface area contributed by atoms with Gasteiger partial charge in [-0.2, -0.15) is 0 Å². The number of nitrogens with zero attached hydrogens (tertiary/aromatic N) is 2. The molecule has 2 aromatic rings. The molecule has 0 saturated carbocycles. The van der Waals surface area contributed by atoms with E-state index in [-0.39, 0.29) is 16.4 Å². The zero-order chi connectivity index (χ0) is 22.6. The van der Waals surface area contributed by atoms with Gasteiger partial charge in [0.15, 0.2) is 6.10 Å². The Labute approximate surface area is 183 Å². The normalized spacial score (nSPS) is 15.9. The maximum Gasteiger partial charge on any atom is 0.338 e. The first-order valence-corrected chi connectivity index (χ1v) is 11.8. The van der Waals surface area contributed by atoms with Crippen LogP contribution < -0.4 is 4.31 Å². The summed E-state index contributed by atoms with van der Waals surface area (Å²) in [5.41, 5.74) is 0.583. The standard InChI is InChI=1S/C23H28N2O5S/c1-17-12-14-25(15-13-17)22(26)18(2)30-23(27)19-8-7-11-21(16-19)31(28,29)24(3)20-9-5-4-6-10-20/h4-11,16-18H,12-15H2,1-3H3. The summed E-state index contributed by atoms with van der Waals surface area (Å²) in [4.78, 5) is 26.9. The van der Waals surface area contributed by atoms with Gasteiger partial charge in [0.25, 0.3) is 15.9 Å². The fourth-order valence-corrected chi connectivity index (χ4v) is 4.73. The third kappa shape index (κ3) is 5.25. The molecule has 0 N–H and O–H groups in total. The number of hydrogen-bond donors (Lipinski definition) is 0. The lowest BCUT2D eigenvalue weighted by Gasteiger charge is -2.31. The van der Waals surface area contributed by atoms with E-state index in [1.54, 1.807) is 42.2 Å². The molecule has 0 aromatic heterocycles. The maximum absolute atomic E-state index is 13.0. The minimum absolute atomic E-state index is 0.0303. The molecule has 1 aliphatic rings. The molecule has 166 valence electrons. The van der Waals surface area contributed by atoms with Crippen molar-refractivity contribution in [3.05, 3.63) is 60.2 Å². The number of carbonyl (C=O) groups excluding carboxylic acids is 2. The van der Waals surface area contributed by atoms with Crippen LogP contribution in [-0.4, -0.2) is 51.4 Å². The molecule has 0 spiro atoms. The highest BCUT2D eigenvalue weighted by atomic mass is 32.2. The molecule has 1 aliphatic heterocycles. The number of ether oxygens (including phenoxy) is 1. The molecule has 0 radical (unpaired) electrons. The average Bonchev–Trinajstić information content (AvgIpc) is 2.79. The summed E-state index contributed by atoms with van der Waals surface area (Å²) < 4.78 is 32.5. The third-order valence-electron chi connectivity index (χ3n) is 5.57. The first kappa shape index (κ1) is 22.8. The summed E-state index contributed by atoms with van der Waals surface area (Å²) in [6.45, 7) is 5.01. The Bertz CT molecular complexity index is 1030. The first-order valence-electron chi connectivity index (χ1n) is 10.3. The topological polar surface area (TPSA) is 84.0 Å². The Morgan fingerprint density at radius 1 is 1.06 bits per heavy atom. The third-order valence-corrected chi connectivity index (χ3v) is 7.36. The quantitative estimate of drug-likeness (QED) is 0.638. The molecule has 8 heteroatoms. The number of sulfonamides is 1. The molecular weight excluding hydrogens is 416 g/mol. The highest BCUT2D eigenvalue weighted by Crippen LogP contribution is 2.23. The highest BCUT2D eigenvalue weighted by Gasteiger charge is 2.28. The Balaban J connectivity index is 1.72. The second-order valence-corrected chi connectivity index (χ2v) is 9.86. The van der Waals surface area contributed by atoms with Crippen molar-refractivity contribution in [3.8, 4) is 0 Å². The minimum Gasteiger partial charge on any atom is -0.449 e. The number of para-hydroxylation sites is 1. The Hall–Kier alpha value is -2.87. The molecule has 1 fully saturated rings. The van der Waals surface area contributed by atoms with E-state index in [9.17, 15) is 18.0 Å². The molecule has 0 aliphatic carbocycles. The van der Waals surface area contributed by atoms with E-state index in [1.165, 1.54) is 31.3 Å². The monoisotopic (exact) mass is 444 g/mol. The highest BCUT2D eigenvalue weighted by molar-refractivity contribution is 7.92. The molecular formula is C23H28N2O5S.